The van der Waals surface area contributed by atoms with Gasteiger partial charge in [-0.15, -0.1) is 11.8 Å². The summed E-state index contributed by atoms with van der Waals surface area (Å²) in [6.07, 6.45) is 39.4. The summed E-state index contributed by atoms with van der Waals surface area (Å²) in [5.41, 5.74) is 3.19. The summed E-state index contributed by atoms with van der Waals surface area (Å²) >= 11 is 0. The molecule has 46 heavy (non-hydrogen) atoms. The average Bonchev–Trinajstić information content (AvgIpc) is 3.07. The van der Waals surface area contributed by atoms with Crippen LogP contribution in [-0.2, 0) is 22.9 Å². The minimum absolute atomic E-state index is 0. The topological polar surface area (TPSA) is 24.7 Å². The van der Waals surface area contributed by atoms with Crippen LogP contribution in [0.25, 0.3) is 0 Å². The number of rotatable bonds is 28. The fraction of sp³-hybridized carbons (Fsp3) is 0.628. The number of hydrogen-bond acceptors (Lipinski definition) is 2. The van der Waals surface area contributed by atoms with Gasteiger partial charge >= 0.3 is 0 Å². The fourth-order valence-electron chi connectivity index (χ4n) is 5.97. The second kappa shape index (κ2) is 32.8. The summed E-state index contributed by atoms with van der Waals surface area (Å²) in [7, 11) is 0. The average molecular weight is 670 g/mol. The van der Waals surface area contributed by atoms with Gasteiger partial charge in [0.25, 0.3) is 0 Å². The fourth-order valence-corrected chi connectivity index (χ4v) is 5.97. The van der Waals surface area contributed by atoms with Gasteiger partial charge in [-0.1, -0.05) is 185 Å². The molecule has 0 atom stereocenters. The molecular formula is C43H66N2Ni. The molecule has 0 N–H and O–H groups in total. The van der Waals surface area contributed by atoms with E-state index in [4.69, 9.17) is 0 Å². The van der Waals surface area contributed by atoms with Crippen LogP contribution in [0.5, 0.6) is 0 Å². The molecule has 0 heterocycles. The number of aryl methyl sites for hydroxylation is 1. The first-order valence-electron chi connectivity index (χ1n) is 19.1. The Morgan fingerprint density at radius 1 is 0.457 bits per heavy atom. The number of aliphatic imine (C=N–C) groups is 2. The van der Waals surface area contributed by atoms with E-state index in [-0.39, 0.29) is 16.5 Å². The molecule has 0 radical (unpaired) electrons. The van der Waals surface area contributed by atoms with Crippen LogP contribution in [-0.4, -0.2) is 12.4 Å². The summed E-state index contributed by atoms with van der Waals surface area (Å²) in [5, 5.41) is 0. The van der Waals surface area contributed by atoms with Crippen molar-refractivity contribution in [3.63, 3.8) is 0 Å². The maximum absolute atomic E-state index is 4.61. The number of hydrogen-bond donors (Lipinski definition) is 0. The Morgan fingerprint density at radius 2 is 0.870 bits per heavy atom. The number of para-hydroxylation sites is 2. The Labute approximate surface area is 295 Å². The molecule has 0 fully saturated rings. The maximum Gasteiger partial charge on any atom is 0.0662 e. The Bertz CT molecular complexity index is 1050. The van der Waals surface area contributed by atoms with E-state index in [0.29, 0.717) is 0 Å². The van der Waals surface area contributed by atoms with Crippen LogP contribution >= 0.6 is 0 Å². The van der Waals surface area contributed by atoms with Crippen molar-refractivity contribution in [3.05, 3.63) is 60.2 Å². The normalized spacial score (nSPS) is 11.2. The Balaban J connectivity index is 0.0000106. The molecule has 0 saturated carbocycles. The van der Waals surface area contributed by atoms with E-state index in [1.807, 2.05) is 36.4 Å². The van der Waals surface area contributed by atoms with Gasteiger partial charge in [0.15, 0.2) is 0 Å². The van der Waals surface area contributed by atoms with E-state index in [1.54, 1.807) is 12.4 Å². The number of nitrogens with zero attached hydrogens (tertiary/aromatic N) is 2. The van der Waals surface area contributed by atoms with Crippen LogP contribution < -0.4 is 0 Å². The molecule has 0 aromatic heterocycles. The molecule has 0 saturated heterocycles. The molecule has 2 rings (SSSR count). The van der Waals surface area contributed by atoms with Crippen molar-refractivity contribution < 1.29 is 16.5 Å². The molecule has 0 spiro atoms. The third-order valence-corrected chi connectivity index (χ3v) is 8.80. The van der Waals surface area contributed by atoms with E-state index in [0.717, 1.165) is 30.6 Å². The van der Waals surface area contributed by atoms with Gasteiger partial charge in [0.05, 0.1) is 11.4 Å². The molecule has 2 aromatic carbocycles. The van der Waals surface area contributed by atoms with Gasteiger partial charge in [0.1, 0.15) is 0 Å². The molecular weight excluding hydrogens is 603 g/mol. The van der Waals surface area contributed by atoms with Crippen molar-refractivity contribution in [2.45, 2.75) is 174 Å². The second-order valence-electron chi connectivity index (χ2n) is 12.9. The smallest absolute Gasteiger partial charge is 0.0662 e. The second-order valence-corrected chi connectivity index (χ2v) is 12.9. The minimum atomic E-state index is 0. The predicted molar refractivity (Wildman–Crippen MR) is 202 cm³/mol. The first kappa shape index (κ1) is 41.9. The molecule has 0 unspecified atom stereocenters. The van der Waals surface area contributed by atoms with Gasteiger partial charge in [-0.2, -0.15) is 0 Å². The van der Waals surface area contributed by atoms with Crippen LogP contribution in [0.2, 0.25) is 0 Å². The van der Waals surface area contributed by atoms with Gasteiger partial charge in [0, 0.05) is 41.8 Å². The van der Waals surface area contributed by atoms with Crippen LogP contribution in [0.15, 0.2) is 64.6 Å². The Morgan fingerprint density at radius 3 is 1.39 bits per heavy atom. The summed E-state index contributed by atoms with van der Waals surface area (Å²) in [6, 6.07) is 18.3. The molecule has 2 nitrogen and oxygen atoms in total. The van der Waals surface area contributed by atoms with E-state index in [2.05, 4.69) is 46.9 Å². The minimum Gasteiger partial charge on any atom is -0.255 e. The monoisotopic (exact) mass is 668 g/mol. The third kappa shape index (κ3) is 25.0. The predicted octanol–water partition coefficient (Wildman–Crippen LogP) is 14.1. The van der Waals surface area contributed by atoms with Crippen LogP contribution in [0, 0.1) is 11.8 Å². The molecule has 0 bridgehead atoms. The standard InChI is InChI=1S/C43H66N2.Ni/c1-2-3-4-5-6-7-8-9-10-11-12-13-14-15-16-17-18-19-20-21-22-23-24-25-26-27-29-34-41-35-32-33-38-43(41)45-40-39-44-42-36-30-28-31-37-42;/h28,30-33,35-40H,2-25,29,34H2,1H3;. The Kier molecular flexibility index (Phi) is 29.8. The first-order chi connectivity index (χ1) is 22.4. The van der Waals surface area contributed by atoms with Crippen molar-refractivity contribution in [3.8, 4) is 11.8 Å². The van der Waals surface area contributed by atoms with E-state index >= 15 is 0 Å². The van der Waals surface area contributed by atoms with Gasteiger partial charge in [-0.3, -0.25) is 9.98 Å². The van der Waals surface area contributed by atoms with Gasteiger partial charge < -0.3 is 0 Å². The van der Waals surface area contributed by atoms with Crippen molar-refractivity contribution >= 4 is 23.8 Å². The first-order valence-corrected chi connectivity index (χ1v) is 19.1. The molecule has 258 valence electrons. The SMILES string of the molecule is CCCCCCCCCCCCCCCCCCCCCCCCCC#CCCc1ccccc1N=CC=Nc1ccccc1.[Ni]. The van der Waals surface area contributed by atoms with Gasteiger partial charge in [-0.25, -0.2) is 0 Å². The summed E-state index contributed by atoms with van der Waals surface area (Å²) in [6.45, 7) is 2.30. The van der Waals surface area contributed by atoms with E-state index < -0.39 is 0 Å². The quantitative estimate of drug-likeness (QED) is 0.0373. The molecule has 3 heteroatoms. The molecule has 0 aliphatic carbocycles. The van der Waals surface area contributed by atoms with Crippen LogP contribution in [0.3, 0.4) is 0 Å². The van der Waals surface area contributed by atoms with Crippen molar-refractivity contribution in [1.29, 1.82) is 0 Å². The van der Waals surface area contributed by atoms with Gasteiger partial charge in [0.2, 0.25) is 0 Å². The number of benzene rings is 2. The van der Waals surface area contributed by atoms with Crippen molar-refractivity contribution in [2.24, 2.45) is 9.98 Å². The third-order valence-electron chi connectivity index (χ3n) is 8.80. The molecule has 0 aliphatic heterocycles. The van der Waals surface area contributed by atoms with E-state index in [1.165, 1.54) is 153 Å². The molecule has 0 amide bonds. The Hall–Kier alpha value is -2.17. The summed E-state index contributed by atoms with van der Waals surface area (Å²) in [4.78, 5) is 9.04. The molecule has 2 aromatic rings. The van der Waals surface area contributed by atoms with Gasteiger partial charge in [-0.05, 0) is 36.6 Å². The van der Waals surface area contributed by atoms with Crippen molar-refractivity contribution in [1.82, 2.24) is 0 Å². The molecule has 0 aliphatic rings. The van der Waals surface area contributed by atoms with Crippen molar-refractivity contribution in [2.75, 3.05) is 0 Å². The van der Waals surface area contributed by atoms with Crippen LogP contribution in [0.1, 0.15) is 173 Å². The zero-order valence-corrected chi connectivity index (χ0v) is 30.4. The number of unbranched alkanes of at least 4 members (excludes halogenated alkanes) is 23. The summed E-state index contributed by atoms with van der Waals surface area (Å²) < 4.78 is 0. The van der Waals surface area contributed by atoms with Crippen LogP contribution in [0.4, 0.5) is 11.4 Å². The zero-order valence-electron chi connectivity index (χ0n) is 29.4. The maximum atomic E-state index is 4.61. The largest absolute Gasteiger partial charge is 0.255 e. The van der Waals surface area contributed by atoms with E-state index in [9.17, 15) is 0 Å². The zero-order chi connectivity index (χ0) is 31.7. The summed E-state index contributed by atoms with van der Waals surface area (Å²) in [5.74, 6) is 6.79.